The summed E-state index contributed by atoms with van der Waals surface area (Å²) in [5.41, 5.74) is 0. The van der Waals surface area contributed by atoms with Crippen molar-refractivity contribution in [1.82, 2.24) is 4.31 Å². The summed E-state index contributed by atoms with van der Waals surface area (Å²) in [6, 6.07) is 3.89. The third-order valence-corrected chi connectivity index (χ3v) is 5.22. The minimum Gasteiger partial charge on any atom is -0.488 e. The number of nitrogens with zero attached hydrogens (tertiary/aromatic N) is 1. The van der Waals surface area contributed by atoms with Gasteiger partial charge in [0.1, 0.15) is 18.4 Å². The molecule has 9 heteroatoms. The van der Waals surface area contributed by atoms with Crippen LogP contribution < -0.4 is 4.74 Å². The highest BCUT2D eigenvalue weighted by atomic mass is 32.2. The second-order valence-electron chi connectivity index (χ2n) is 4.79. The highest BCUT2D eigenvalue weighted by molar-refractivity contribution is 7.89. The monoisotopic (exact) mass is 335 g/mol. The van der Waals surface area contributed by atoms with E-state index in [9.17, 15) is 22.0 Å². The van der Waals surface area contributed by atoms with Gasteiger partial charge in [0.25, 0.3) is 6.43 Å². The van der Waals surface area contributed by atoms with Gasteiger partial charge in [-0.25, -0.2) is 17.2 Å². The van der Waals surface area contributed by atoms with Crippen molar-refractivity contribution in [3.05, 3.63) is 24.3 Å². The standard InChI is InChI=1S/C13H15F2NO5S/c14-12(15)8-21-9-3-5-10(6-4-9)22(19,20)16-7-1-2-11(16)13(17)18/h3-6,11-12H,1-2,7-8H2,(H,17,18). The summed E-state index contributed by atoms with van der Waals surface area (Å²) in [5.74, 6) is -1.06. The van der Waals surface area contributed by atoms with Crippen molar-refractivity contribution in [3.63, 3.8) is 0 Å². The van der Waals surface area contributed by atoms with Crippen molar-refractivity contribution in [3.8, 4) is 5.75 Å². The van der Waals surface area contributed by atoms with Crippen molar-refractivity contribution in [2.75, 3.05) is 13.2 Å². The Balaban J connectivity index is 2.17. The van der Waals surface area contributed by atoms with Gasteiger partial charge in [0.05, 0.1) is 4.90 Å². The van der Waals surface area contributed by atoms with Gasteiger partial charge in [-0.1, -0.05) is 0 Å². The molecule has 0 radical (unpaired) electrons. The van der Waals surface area contributed by atoms with Gasteiger partial charge < -0.3 is 9.84 Å². The molecule has 2 rings (SSSR count). The molecule has 1 aliphatic rings. The number of hydrogen-bond acceptors (Lipinski definition) is 4. The number of alkyl halides is 2. The Morgan fingerprint density at radius 2 is 2.00 bits per heavy atom. The number of sulfonamides is 1. The summed E-state index contributed by atoms with van der Waals surface area (Å²) in [5, 5.41) is 9.06. The Morgan fingerprint density at radius 3 is 2.55 bits per heavy atom. The molecule has 0 aromatic heterocycles. The fraction of sp³-hybridized carbons (Fsp3) is 0.462. The summed E-state index contributed by atoms with van der Waals surface area (Å²) in [7, 11) is -3.93. The maximum absolute atomic E-state index is 12.4. The Morgan fingerprint density at radius 1 is 1.36 bits per heavy atom. The minimum atomic E-state index is -3.93. The van der Waals surface area contributed by atoms with E-state index >= 15 is 0 Å². The van der Waals surface area contributed by atoms with Gasteiger partial charge in [-0.05, 0) is 37.1 Å². The van der Waals surface area contributed by atoms with E-state index in [0.29, 0.717) is 6.42 Å². The molecule has 1 aliphatic heterocycles. The molecule has 122 valence electrons. The van der Waals surface area contributed by atoms with Crippen LogP contribution in [-0.4, -0.2) is 49.4 Å². The van der Waals surface area contributed by atoms with Gasteiger partial charge in [0, 0.05) is 6.54 Å². The van der Waals surface area contributed by atoms with Crippen LogP contribution in [0.3, 0.4) is 0 Å². The molecule has 1 fully saturated rings. The Hall–Kier alpha value is -1.74. The maximum atomic E-state index is 12.4. The molecule has 1 atom stereocenters. The van der Waals surface area contributed by atoms with Crippen LogP contribution >= 0.6 is 0 Å². The first kappa shape index (κ1) is 16.6. The Labute approximate surface area is 126 Å². The molecule has 1 N–H and O–H groups in total. The summed E-state index contributed by atoms with van der Waals surface area (Å²) in [6.07, 6.45) is -1.88. The van der Waals surface area contributed by atoms with Crippen LogP contribution in [0.25, 0.3) is 0 Å². The van der Waals surface area contributed by atoms with Crippen LogP contribution in [0.1, 0.15) is 12.8 Å². The first-order chi connectivity index (χ1) is 10.3. The van der Waals surface area contributed by atoms with Gasteiger partial charge in [-0.15, -0.1) is 0 Å². The Bertz CT molecular complexity index is 632. The average molecular weight is 335 g/mol. The number of carbonyl (C=O) groups is 1. The number of halogens is 2. The second-order valence-corrected chi connectivity index (χ2v) is 6.68. The van der Waals surface area contributed by atoms with Gasteiger partial charge in [-0.2, -0.15) is 4.31 Å². The number of rotatable bonds is 6. The number of carboxylic acid groups (broad SMARTS) is 1. The molecule has 0 saturated carbocycles. The van der Waals surface area contributed by atoms with E-state index in [1.54, 1.807) is 0 Å². The fourth-order valence-electron chi connectivity index (χ4n) is 2.28. The van der Waals surface area contributed by atoms with Crippen LogP contribution in [0.2, 0.25) is 0 Å². The summed E-state index contributed by atoms with van der Waals surface area (Å²) < 4.78 is 54.6. The van der Waals surface area contributed by atoms with E-state index in [-0.39, 0.29) is 23.6 Å². The van der Waals surface area contributed by atoms with E-state index in [0.717, 1.165) is 4.31 Å². The molecule has 22 heavy (non-hydrogen) atoms. The zero-order valence-electron chi connectivity index (χ0n) is 11.5. The Kier molecular flexibility index (Phi) is 4.97. The van der Waals surface area contributed by atoms with Gasteiger partial charge >= 0.3 is 5.97 Å². The fourth-order valence-corrected chi connectivity index (χ4v) is 3.93. The minimum absolute atomic E-state index is 0.0925. The lowest BCUT2D eigenvalue weighted by Crippen LogP contribution is -2.40. The van der Waals surface area contributed by atoms with Crippen LogP contribution in [0.5, 0.6) is 5.75 Å². The van der Waals surface area contributed by atoms with Crippen LogP contribution in [-0.2, 0) is 14.8 Å². The molecule has 1 aromatic carbocycles. The van der Waals surface area contributed by atoms with Gasteiger partial charge in [-0.3, -0.25) is 4.79 Å². The highest BCUT2D eigenvalue weighted by Crippen LogP contribution is 2.27. The molecule has 1 aromatic rings. The summed E-state index contributed by atoms with van der Waals surface area (Å²) >= 11 is 0. The van der Waals surface area contributed by atoms with Gasteiger partial charge in [0.2, 0.25) is 10.0 Å². The highest BCUT2D eigenvalue weighted by Gasteiger charge is 2.39. The molecule has 6 nitrogen and oxygen atoms in total. The molecule has 0 amide bonds. The van der Waals surface area contributed by atoms with Crippen molar-refractivity contribution >= 4 is 16.0 Å². The van der Waals surface area contributed by atoms with E-state index in [1.807, 2.05) is 0 Å². The average Bonchev–Trinajstić information content (AvgIpc) is 2.96. The van der Waals surface area contributed by atoms with E-state index in [1.165, 1.54) is 24.3 Å². The zero-order valence-corrected chi connectivity index (χ0v) is 12.3. The maximum Gasteiger partial charge on any atom is 0.322 e. The first-order valence-electron chi connectivity index (χ1n) is 6.58. The topological polar surface area (TPSA) is 83.9 Å². The zero-order chi connectivity index (χ0) is 16.3. The number of aliphatic carboxylic acids is 1. The lowest BCUT2D eigenvalue weighted by Gasteiger charge is -2.21. The summed E-state index contributed by atoms with van der Waals surface area (Å²) in [6.45, 7) is -0.637. The van der Waals surface area contributed by atoms with Crippen molar-refractivity contribution in [2.45, 2.75) is 30.2 Å². The van der Waals surface area contributed by atoms with Crippen LogP contribution in [0.15, 0.2) is 29.2 Å². The normalized spacial score (nSPS) is 19.5. The second kappa shape index (κ2) is 6.57. The van der Waals surface area contributed by atoms with Crippen LogP contribution in [0.4, 0.5) is 8.78 Å². The van der Waals surface area contributed by atoms with Gasteiger partial charge in [0.15, 0.2) is 0 Å². The largest absolute Gasteiger partial charge is 0.488 e. The van der Waals surface area contributed by atoms with E-state index in [2.05, 4.69) is 0 Å². The smallest absolute Gasteiger partial charge is 0.322 e. The molecule has 0 spiro atoms. The molecule has 1 heterocycles. The number of ether oxygens (including phenoxy) is 1. The third kappa shape index (κ3) is 3.53. The predicted octanol–water partition coefficient (Wildman–Crippen LogP) is 1.57. The quantitative estimate of drug-likeness (QED) is 0.853. The summed E-state index contributed by atoms with van der Waals surface area (Å²) in [4.78, 5) is 11.0. The van der Waals surface area contributed by atoms with Crippen molar-refractivity contribution < 1.29 is 31.8 Å². The van der Waals surface area contributed by atoms with Crippen LogP contribution in [0, 0.1) is 0 Å². The SMILES string of the molecule is O=C(O)C1CCCN1S(=O)(=O)c1ccc(OCC(F)F)cc1. The molecule has 1 unspecified atom stereocenters. The third-order valence-electron chi connectivity index (χ3n) is 3.30. The molecular formula is C13H15F2NO5S. The number of hydrogen-bond donors (Lipinski definition) is 1. The molecular weight excluding hydrogens is 320 g/mol. The van der Waals surface area contributed by atoms with E-state index in [4.69, 9.17) is 9.84 Å². The lowest BCUT2D eigenvalue weighted by atomic mass is 10.2. The molecule has 0 bridgehead atoms. The molecule has 1 saturated heterocycles. The predicted molar refractivity (Wildman–Crippen MR) is 72.5 cm³/mol. The van der Waals surface area contributed by atoms with Crippen molar-refractivity contribution in [2.24, 2.45) is 0 Å². The van der Waals surface area contributed by atoms with Crippen molar-refractivity contribution in [1.29, 1.82) is 0 Å². The lowest BCUT2D eigenvalue weighted by molar-refractivity contribution is -0.140. The van der Waals surface area contributed by atoms with E-state index < -0.39 is 35.1 Å². The first-order valence-corrected chi connectivity index (χ1v) is 8.02. The molecule has 0 aliphatic carbocycles. The number of benzene rings is 1. The number of carboxylic acids is 1.